The van der Waals surface area contributed by atoms with E-state index in [1.54, 1.807) is 13.1 Å². The number of aliphatic imine (C=N–C) groups is 1. The second-order valence-corrected chi connectivity index (χ2v) is 6.76. The van der Waals surface area contributed by atoms with Crippen molar-refractivity contribution in [3.8, 4) is 0 Å². The van der Waals surface area contributed by atoms with Crippen LogP contribution in [-0.4, -0.2) is 55.4 Å². The Hall–Kier alpha value is -0.730. The lowest BCUT2D eigenvalue weighted by Crippen LogP contribution is -2.46. The van der Waals surface area contributed by atoms with Crippen molar-refractivity contribution in [2.75, 3.05) is 33.7 Å². The molecule has 8 heteroatoms. The molecule has 2 rings (SSSR count). The fraction of sp³-hybridized carbons (Fsp3) is 0.529. The van der Waals surface area contributed by atoms with E-state index in [-0.39, 0.29) is 36.4 Å². The summed E-state index contributed by atoms with van der Waals surface area (Å²) in [5.41, 5.74) is 1.03. The molecule has 1 aromatic carbocycles. The Morgan fingerprint density at radius 1 is 1.24 bits per heavy atom. The molecule has 140 valence electrons. The summed E-state index contributed by atoms with van der Waals surface area (Å²) in [7, 11) is 3.63. The summed E-state index contributed by atoms with van der Waals surface area (Å²) >= 11 is 12.0. The van der Waals surface area contributed by atoms with Gasteiger partial charge in [0.05, 0.1) is 16.6 Å². The maximum absolute atomic E-state index is 12.2. The topological polar surface area (TPSA) is 47.9 Å². The average Bonchev–Trinajstić information content (AvgIpc) is 2.59. The van der Waals surface area contributed by atoms with Crippen LogP contribution in [0.3, 0.4) is 0 Å². The number of amides is 1. The van der Waals surface area contributed by atoms with Gasteiger partial charge < -0.3 is 15.1 Å². The van der Waals surface area contributed by atoms with Gasteiger partial charge in [0, 0.05) is 33.7 Å². The molecule has 0 aliphatic carbocycles. The number of benzene rings is 1. The number of piperidine rings is 1. The third-order valence-electron chi connectivity index (χ3n) is 4.08. The van der Waals surface area contributed by atoms with Gasteiger partial charge in [0.1, 0.15) is 0 Å². The van der Waals surface area contributed by atoms with Crippen molar-refractivity contribution < 1.29 is 4.79 Å². The average molecular weight is 499 g/mol. The van der Waals surface area contributed by atoms with Crippen molar-refractivity contribution in [3.63, 3.8) is 0 Å². The zero-order valence-electron chi connectivity index (χ0n) is 14.6. The van der Waals surface area contributed by atoms with Gasteiger partial charge in [0.2, 0.25) is 5.91 Å². The smallest absolute Gasteiger partial charge is 0.241 e. The molecule has 1 N–H and O–H groups in total. The lowest BCUT2D eigenvalue weighted by Gasteiger charge is -2.28. The van der Waals surface area contributed by atoms with Crippen molar-refractivity contribution in [2.45, 2.75) is 25.8 Å². The summed E-state index contributed by atoms with van der Waals surface area (Å²) in [5.74, 6) is 0.796. The second-order valence-electron chi connectivity index (χ2n) is 5.95. The van der Waals surface area contributed by atoms with Crippen molar-refractivity contribution in [2.24, 2.45) is 4.99 Å². The quantitative estimate of drug-likeness (QED) is 0.391. The van der Waals surface area contributed by atoms with Gasteiger partial charge in [-0.15, -0.1) is 24.0 Å². The molecular formula is C17H25Cl2IN4O. The first-order valence-corrected chi connectivity index (χ1v) is 8.90. The molecular weight excluding hydrogens is 474 g/mol. The SMILES string of the molecule is CN=C(NCC(=O)N1CCCCC1)N(C)Cc1ccc(Cl)c(Cl)c1.I. The highest BCUT2D eigenvalue weighted by Gasteiger charge is 2.17. The van der Waals surface area contributed by atoms with Crippen LogP contribution in [0.1, 0.15) is 24.8 Å². The van der Waals surface area contributed by atoms with E-state index in [9.17, 15) is 4.79 Å². The Labute approximate surface area is 176 Å². The Balaban J connectivity index is 0.00000312. The first-order valence-electron chi connectivity index (χ1n) is 8.14. The monoisotopic (exact) mass is 498 g/mol. The van der Waals surface area contributed by atoms with Crippen LogP contribution in [0.2, 0.25) is 10.0 Å². The summed E-state index contributed by atoms with van der Waals surface area (Å²) in [6.07, 6.45) is 3.40. The zero-order chi connectivity index (χ0) is 17.5. The number of rotatable bonds is 4. The Kier molecular flexibility index (Phi) is 9.89. The Bertz CT molecular complexity index is 606. The van der Waals surface area contributed by atoms with Gasteiger partial charge in [0.15, 0.2) is 5.96 Å². The number of nitrogens with zero attached hydrogens (tertiary/aromatic N) is 3. The van der Waals surface area contributed by atoms with E-state index >= 15 is 0 Å². The molecule has 0 bridgehead atoms. The van der Waals surface area contributed by atoms with Crippen molar-refractivity contribution >= 4 is 59.0 Å². The molecule has 0 atom stereocenters. The van der Waals surface area contributed by atoms with E-state index in [0.29, 0.717) is 22.5 Å². The van der Waals surface area contributed by atoms with E-state index in [0.717, 1.165) is 31.5 Å². The van der Waals surface area contributed by atoms with Crippen molar-refractivity contribution in [1.82, 2.24) is 15.1 Å². The van der Waals surface area contributed by atoms with E-state index in [1.807, 2.05) is 29.0 Å². The van der Waals surface area contributed by atoms with Crippen LogP contribution in [0.15, 0.2) is 23.2 Å². The molecule has 1 aromatic rings. The number of carbonyl (C=O) groups is 1. The number of carbonyl (C=O) groups excluding carboxylic acids is 1. The predicted molar refractivity (Wildman–Crippen MR) is 115 cm³/mol. The molecule has 0 radical (unpaired) electrons. The van der Waals surface area contributed by atoms with Crippen LogP contribution in [0, 0.1) is 0 Å². The lowest BCUT2D eigenvalue weighted by molar-refractivity contribution is -0.130. The van der Waals surface area contributed by atoms with E-state index < -0.39 is 0 Å². The van der Waals surface area contributed by atoms with Crippen LogP contribution in [0.5, 0.6) is 0 Å². The van der Waals surface area contributed by atoms with Crippen LogP contribution in [-0.2, 0) is 11.3 Å². The number of halogens is 3. The fourth-order valence-corrected chi connectivity index (χ4v) is 3.10. The Morgan fingerprint density at radius 2 is 1.92 bits per heavy atom. The molecule has 1 aliphatic heterocycles. The summed E-state index contributed by atoms with van der Waals surface area (Å²) in [5, 5.41) is 4.21. The maximum Gasteiger partial charge on any atom is 0.241 e. The highest BCUT2D eigenvalue weighted by atomic mass is 127. The van der Waals surface area contributed by atoms with Gasteiger partial charge in [-0.25, -0.2) is 0 Å². The standard InChI is InChI=1S/C17H24Cl2N4O.HI/c1-20-17(21-11-16(24)23-8-4-3-5-9-23)22(2)12-13-6-7-14(18)15(19)10-13;/h6-7,10H,3-5,8-9,11-12H2,1-2H3,(H,20,21);1H. The number of hydrogen-bond acceptors (Lipinski definition) is 2. The first-order chi connectivity index (χ1) is 11.5. The summed E-state index contributed by atoms with van der Waals surface area (Å²) in [6.45, 7) is 2.60. The molecule has 1 saturated heterocycles. The largest absolute Gasteiger partial charge is 0.347 e. The minimum Gasteiger partial charge on any atom is -0.347 e. The summed E-state index contributed by atoms with van der Waals surface area (Å²) in [6, 6.07) is 5.55. The number of hydrogen-bond donors (Lipinski definition) is 1. The predicted octanol–water partition coefficient (Wildman–Crippen LogP) is 3.63. The number of guanidine groups is 1. The van der Waals surface area contributed by atoms with Gasteiger partial charge in [-0.3, -0.25) is 9.79 Å². The maximum atomic E-state index is 12.2. The lowest BCUT2D eigenvalue weighted by atomic mass is 10.1. The zero-order valence-corrected chi connectivity index (χ0v) is 18.4. The molecule has 5 nitrogen and oxygen atoms in total. The normalized spacial score (nSPS) is 14.7. The summed E-state index contributed by atoms with van der Waals surface area (Å²) < 4.78 is 0. The molecule has 1 aliphatic rings. The first kappa shape index (κ1) is 22.3. The van der Waals surface area contributed by atoms with Crippen molar-refractivity contribution in [1.29, 1.82) is 0 Å². The highest BCUT2D eigenvalue weighted by Crippen LogP contribution is 2.23. The van der Waals surface area contributed by atoms with Crippen LogP contribution in [0.25, 0.3) is 0 Å². The molecule has 0 spiro atoms. The number of nitrogens with one attached hydrogen (secondary N) is 1. The molecule has 0 saturated carbocycles. The second kappa shape index (κ2) is 11.1. The van der Waals surface area contributed by atoms with E-state index in [2.05, 4.69) is 10.3 Å². The van der Waals surface area contributed by atoms with Gasteiger partial charge >= 0.3 is 0 Å². The molecule has 1 heterocycles. The summed E-state index contributed by atoms with van der Waals surface area (Å²) in [4.78, 5) is 20.3. The highest BCUT2D eigenvalue weighted by molar-refractivity contribution is 14.0. The van der Waals surface area contributed by atoms with Crippen molar-refractivity contribution in [3.05, 3.63) is 33.8 Å². The van der Waals surface area contributed by atoms with E-state index in [1.165, 1.54) is 6.42 Å². The van der Waals surface area contributed by atoms with Gasteiger partial charge in [0.25, 0.3) is 0 Å². The Morgan fingerprint density at radius 3 is 2.52 bits per heavy atom. The minimum absolute atomic E-state index is 0. The minimum atomic E-state index is 0. The van der Waals surface area contributed by atoms with Gasteiger partial charge in [-0.05, 0) is 37.0 Å². The van der Waals surface area contributed by atoms with Crippen LogP contribution in [0.4, 0.5) is 0 Å². The molecule has 0 unspecified atom stereocenters. The molecule has 1 fully saturated rings. The fourth-order valence-electron chi connectivity index (χ4n) is 2.78. The van der Waals surface area contributed by atoms with Crippen LogP contribution >= 0.6 is 47.2 Å². The molecule has 1 amide bonds. The third kappa shape index (κ3) is 6.83. The van der Waals surface area contributed by atoms with E-state index in [4.69, 9.17) is 23.2 Å². The molecule has 25 heavy (non-hydrogen) atoms. The molecule has 0 aromatic heterocycles. The van der Waals surface area contributed by atoms with Crippen LogP contribution < -0.4 is 5.32 Å². The third-order valence-corrected chi connectivity index (χ3v) is 4.82. The van der Waals surface area contributed by atoms with Gasteiger partial charge in [-0.2, -0.15) is 0 Å². The number of likely N-dealkylation sites (tertiary alicyclic amines) is 1. The van der Waals surface area contributed by atoms with Gasteiger partial charge in [-0.1, -0.05) is 29.3 Å².